The first-order valence-corrected chi connectivity index (χ1v) is 6.41. The summed E-state index contributed by atoms with van der Waals surface area (Å²) in [5.74, 6) is 0. The Kier molecular flexibility index (Phi) is 4.54. The minimum atomic E-state index is -0.276. The average molecular weight is 235 g/mol. The Morgan fingerprint density at radius 2 is 1.88 bits per heavy atom. The fourth-order valence-electron chi connectivity index (χ4n) is 2.50. The summed E-state index contributed by atoms with van der Waals surface area (Å²) in [6.07, 6.45) is 3.84. The van der Waals surface area contributed by atoms with Crippen molar-refractivity contribution in [1.29, 1.82) is 0 Å². The van der Waals surface area contributed by atoms with Gasteiger partial charge in [0.25, 0.3) is 0 Å². The number of rotatable bonds is 4. The molecule has 1 aliphatic rings. The first-order chi connectivity index (χ1) is 8.31. The van der Waals surface area contributed by atoms with E-state index in [9.17, 15) is 10.2 Å². The summed E-state index contributed by atoms with van der Waals surface area (Å²) in [6, 6.07) is 9.95. The van der Waals surface area contributed by atoms with Gasteiger partial charge in [0, 0.05) is 6.04 Å². The largest absolute Gasteiger partial charge is 0.394 e. The zero-order valence-corrected chi connectivity index (χ0v) is 10.0. The van der Waals surface area contributed by atoms with Crippen molar-refractivity contribution in [2.75, 3.05) is 6.61 Å². The number of aliphatic hydroxyl groups is 2. The van der Waals surface area contributed by atoms with Gasteiger partial charge in [0.15, 0.2) is 0 Å². The summed E-state index contributed by atoms with van der Waals surface area (Å²) in [7, 11) is 0. The Labute approximate surface area is 102 Å². The van der Waals surface area contributed by atoms with Crippen molar-refractivity contribution < 1.29 is 10.2 Å². The highest BCUT2D eigenvalue weighted by Crippen LogP contribution is 2.22. The van der Waals surface area contributed by atoms with Crippen molar-refractivity contribution in [1.82, 2.24) is 5.32 Å². The summed E-state index contributed by atoms with van der Waals surface area (Å²) in [5, 5.41) is 22.7. The predicted molar refractivity (Wildman–Crippen MR) is 67.7 cm³/mol. The topological polar surface area (TPSA) is 52.5 Å². The standard InChI is InChI=1S/C14H21NO2/c16-10-13(11-6-2-1-3-7-11)15-12-8-4-5-9-14(12)17/h1-3,6-7,12-17H,4-5,8-10H2. The maximum Gasteiger partial charge on any atom is 0.0693 e. The molecule has 0 amide bonds. The van der Waals surface area contributed by atoms with Gasteiger partial charge in [-0.1, -0.05) is 43.2 Å². The summed E-state index contributed by atoms with van der Waals surface area (Å²) < 4.78 is 0. The lowest BCUT2D eigenvalue weighted by molar-refractivity contribution is 0.0784. The minimum Gasteiger partial charge on any atom is -0.394 e. The number of benzene rings is 1. The number of hydrogen-bond donors (Lipinski definition) is 3. The second-order valence-electron chi connectivity index (χ2n) is 4.77. The third-order valence-corrected chi connectivity index (χ3v) is 3.53. The van der Waals surface area contributed by atoms with Crippen LogP contribution in [-0.4, -0.2) is 29.0 Å². The fraction of sp³-hybridized carbons (Fsp3) is 0.571. The molecule has 0 aliphatic heterocycles. The van der Waals surface area contributed by atoms with E-state index < -0.39 is 0 Å². The molecule has 1 aromatic rings. The van der Waals surface area contributed by atoms with Crippen molar-refractivity contribution in [3.05, 3.63) is 35.9 Å². The molecule has 94 valence electrons. The molecule has 0 radical (unpaired) electrons. The molecule has 0 aromatic heterocycles. The fourth-order valence-corrected chi connectivity index (χ4v) is 2.50. The molecule has 1 aromatic carbocycles. The van der Waals surface area contributed by atoms with E-state index in [1.54, 1.807) is 0 Å². The highest BCUT2D eigenvalue weighted by Gasteiger charge is 2.25. The Hall–Kier alpha value is -0.900. The molecule has 3 atom stereocenters. The van der Waals surface area contributed by atoms with Crippen molar-refractivity contribution in [3.63, 3.8) is 0 Å². The third-order valence-electron chi connectivity index (χ3n) is 3.53. The van der Waals surface area contributed by atoms with Crippen LogP contribution in [0.1, 0.15) is 37.3 Å². The monoisotopic (exact) mass is 235 g/mol. The van der Waals surface area contributed by atoms with E-state index in [0.717, 1.165) is 31.2 Å². The Morgan fingerprint density at radius 1 is 1.18 bits per heavy atom. The highest BCUT2D eigenvalue weighted by atomic mass is 16.3. The Morgan fingerprint density at radius 3 is 2.53 bits per heavy atom. The zero-order chi connectivity index (χ0) is 12.1. The SMILES string of the molecule is OCC(NC1CCCCC1O)c1ccccc1. The van der Waals surface area contributed by atoms with Crippen molar-refractivity contribution in [2.24, 2.45) is 0 Å². The molecule has 1 saturated carbocycles. The van der Waals surface area contributed by atoms with Gasteiger partial charge in [0.2, 0.25) is 0 Å². The van der Waals surface area contributed by atoms with Crippen LogP contribution >= 0.6 is 0 Å². The number of hydrogen-bond acceptors (Lipinski definition) is 3. The highest BCUT2D eigenvalue weighted by molar-refractivity contribution is 5.19. The summed E-state index contributed by atoms with van der Waals surface area (Å²) >= 11 is 0. The normalized spacial score (nSPS) is 26.7. The lowest BCUT2D eigenvalue weighted by Crippen LogP contribution is -2.44. The molecule has 3 heteroatoms. The van der Waals surface area contributed by atoms with Gasteiger partial charge < -0.3 is 15.5 Å². The van der Waals surface area contributed by atoms with Gasteiger partial charge in [-0.2, -0.15) is 0 Å². The molecule has 0 bridgehead atoms. The van der Waals surface area contributed by atoms with Crippen LogP contribution in [0.4, 0.5) is 0 Å². The van der Waals surface area contributed by atoms with Gasteiger partial charge in [-0.3, -0.25) is 0 Å². The first-order valence-electron chi connectivity index (χ1n) is 6.41. The van der Waals surface area contributed by atoms with Gasteiger partial charge >= 0.3 is 0 Å². The van der Waals surface area contributed by atoms with Crippen molar-refractivity contribution in [3.8, 4) is 0 Å². The van der Waals surface area contributed by atoms with E-state index >= 15 is 0 Å². The maximum atomic E-state index is 9.92. The molecule has 0 saturated heterocycles. The van der Waals surface area contributed by atoms with Gasteiger partial charge in [-0.15, -0.1) is 0 Å². The molecule has 0 spiro atoms. The lowest BCUT2D eigenvalue weighted by atomic mass is 9.91. The van der Waals surface area contributed by atoms with Crippen LogP contribution in [0, 0.1) is 0 Å². The molecule has 1 aliphatic carbocycles. The van der Waals surface area contributed by atoms with Crippen LogP contribution in [0.3, 0.4) is 0 Å². The van der Waals surface area contributed by atoms with Gasteiger partial charge in [0.05, 0.1) is 18.8 Å². The lowest BCUT2D eigenvalue weighted by Gasteiger charge is -2.32. The molecule has 17 heavy (non-hydrogen) atoms. The average Bonchev–Trinajstić information content (AvgIpc) is 2.39. The van der Waals surface area contributed by atoms with Crippen LogP contribution < -0.4 is 5.32 Å². The maximum absolute atomic E-state index is 9.92. The zero-order valence-electron chi connectivity index (χ0n) is 10.0. The smallest absolute Gasteiger partial charge is 0.0693 e. The summed E-state index contributed by atoms with van der Waals surface area (Å²) in [4.78, 5) is 0. The van der Waals surface area contributed by atoms with Crippen LogP contribution in [0.25, 0.3) is 0 Å². The third kappa shape index (κ3) is 3.28. The Balaban J connectivity index is 1.99. The van der Waals surface area contributed by atoms with E-state index in [-0.39, 0.29) is 24.8 Å². The number of aliphatic hydroxyl groups excluding tert-OH is 2. The van der Waals surface area contributed by atoms with Gasteiger partial charge in [-0.05, 0) is 18.4 Å². The van der Waals surface area contributed by atoms with E-state index in [4.69, 9.17) is 0 Å². The second kappa shape index (κ2) is 6.15. The van der Waals surface area contributed by atoms with Crippen LogP contribution in [0.15, 0.2) is 30.3 Å². The quantitative estimate of drug-likeness (QED) is 0.743. The molecule has 3 N–H and O–H groups in total. The number of nitrogens with one attached hydrogen (secondary N) is 1. The van der Waals surface area contributed by atoms with E-state index in [2.05, 4.69) is 5.32 Å². The molecule has 3 unspecified atom stereocenters. The molecule has 2 rings (SSSR count). The first kappa shape index (κ1) is 12.6. The molecular formula is C14H21NO2. The minimum absolute atomic E-state index is 0.0627. The second-order valence-corrected chi connectivity index (χ2v) is 4.77. The molecule has 0 heterocycles. The van der Waals surface area contributed by atoms with Crippen molar-refractivity contribution >= 4 is 0 Å². The van der Waals surface area contributed by atoms with Crippen LogP contribution in [-0.2, 0) is 0 Å². The van der Waals surface area contributed by atoms with Crippen LogP contribution in [0.2, 0.25) is 0 Å². The molecule has 3 nitrogen and oxygen atoms in total. The van der Waals surface area contributed by atoms with E-state index in [0.29, 0.717) is 0 Å². The molecular weight excluding hydrogens is 214 g/mol. The predicted octanol–water partition coefficient (Wildman–Crippen LogP) is 1.61. The summed E-state index contributed by atoms with van der Waals surface area (Å²) in [5.41, 5.74) is 1.08. The Bertz CT molecular complexity index is 328. The van der Waals surface area contributed by atoms with Gasteiger partial charge in [-0.25, -0.2) is 0 Å². The van der Waals surface area contributed by atoms with Crippen molar-refractivity contribution in [2.45, 2.75) is 43.9 Å². The van der Waals surface area contributed by atoms with Crippen LogP contribution in [0.5, 0.6) is 0 Å². The van der Waals surface area contributed by atoms with E-state index in [1.165, 1.54) is 0 Å². The summed E-state index contributed by atoms with van der Waals surface area (Å²) in [6.45, 7) is 0.0627. The van der Waals surface area contributed by atoms with E-state index in [1.807, 2.05) is 30.3 Å². The van der Waals surface area contributed by atoms with Gasteiger partial charge in [0.1, 0.15) is 0 Å². The molecule has 1 fully saturated rings.